The Bertz CT molecular complexity index is 912. The first-order chi connectivity index (χ1) is 12.7. The summed E-state index contributed by atoms with van der Waals surface area (Å²) in [5.74, 6) is 0.194. The van der Waals surface area contributed by atoms with Gasteiger partial charge in [0, 0.05) is 12.7 Å². The van der Waals surface area contributed by atoms with Crippen molar-refractivity contribution in [1.82, 2.24) is 19.9 Å². The summed E-state index contributed by atoms with van der Waals surface area (Å²) in [7, 11) is 0. The second kappa shape index (κ2) is 7.21. The predicted molar refractivity (Wildman–Crippen MR) is 93.6 cm³/mol. The van der Waals surface area contributed by atoms with Crippen LogP contribution in [0.1, 0.15) is 30.4 Å². The predicted octanol–water partition coefficient (Wildman–Crippen LogP) is 2.98. The average molecular weight is 354 g/mol. The number of nitrogens with zero attached hydrogens (tertiary/aromatic N) is 3. The van der Waals surface area contributed by atoms with E-state index in [-0.39, 0.29) is 31.0 Å². The molecule has 1 N–H and O–H groups in total. The first-order valence-corrected chi connectivity index (χ1v) is 8.63. The van der Waals surface area contributed by atoms with E-state index >= 15 is 0 Å². The van der Waals surface area contributed by atoms with Gasteiger partial charge in [-0.1, -0.05) is 6.07 Å². The normalized spacial score (nSPS) is 17.1. The highest BCUT2D eigenvalue weighted by atomic mass is 19.1. The van der Waals surface area contributed by atoms with Gasteiger partial charge in [0.1, 0.15) is 24.9 Å². The fourth-order valence-electron chi connectivity index (χ4n) is 3.37. The van der Waals surface area contributed by atoms with Gasteiger partial charge in [-0.25, -0.2) is 9.37 Å². The summed E-state index contributed by atoms with van der Waals surface area (Å²) in [6.07, 6.45) is 3.62. The zero-order chi connectivity index (χ0) is 17.9. The second-order valence-corrected chi connectivity index (χ2v) is 6.34. The van der Waals surface area contributed by atoms with Gasteiger partial charge in [-0.15, -0.1) is 0 Å². The van der Waals surface area contributed by atoms with Crippen molar-refractivity contribution in [1.29, 1.82) is 0 Å². The Hall–Kier alpha value is -2.80. The molecule has 6 nitrogen and oxygen atoms in total. The van der Waals surface area contributed by atoms with Crippen LogP contribution < -0.4 is 0 Å². The van der Waals surface area contributed by atoms with Gasteiger partial charge in [-0.3, -0.25) is 9.78 Å². The lowest BCUT2D eigenvalue weighted by Gasteiger charge is -2.24. The Morgan fingerprint density at radius 1 is 1.35 bits per heavy atom. The van der Waals surface area contributed by atoms with Crippen LogP contribution in [0.2, 0.25) is 0 Å². The summed E-state index contributed by atoms with van der Waals surface area (Å²) < 4.78 is 18.8. The molecule has 0 unspecified atom stereocenters. The van der Waals surface area contributed by atoms with Gasteiger partial charge in [0.2, 0.25) is 5.91 Å². The van der Waals surface area contributed by atoms with Crippen LogP contribution in [-0.4, -0.2) is 38.9 Å². The molecule has 0 radical (unpaired) electrons. The van der Waals surface area contributed by atoms with Crippen molar-refractivity contribution >= 4 is 16.9 Å². The molecule has 1 aromatic carbocycles. The topological polar surface area (TPSA) is 71.1 Å². The standard InChI is InChI=1S/C19H19FN4O2/c20-13-6-7-14-16(10-13)23-18(22-14)11-26-12-19(25)24-9-3-5-17(24)15-4-1-2-8-21-15/h1-2,4,6-8,10,17H,3,5,9,11-12H2,(H,22,23)/t17-/m1/s1. The Labute approximate surface area is 150 Å². The van der Waals surface area contributed by atoms with Gasteiger partial charge in [0.05, 0.1) is 22.8 Å². The van der Waals surface area contributed by atoms with E-state index in [0.717, 1.165) is 18.5 Å². The van der Waals surface area contributed by atoms with Gasteiger partial charge in [0.15, 0.2) is 0 Å². The zero-order valence-corrected chi connectivity index (χ0v) is 14.2. The number of ether oxygens (including phenoxy) is 1. The molecule has 1 amide bonds. The lowest BCUT2D eigenvalue weighted by atomic mass is 10.1. The molecule has 2 aromatic heterocycles. The lowest BCUT2D eigenvalue weighted by Crippen LogP contribution is -2.33. The molecule has 1 saturated heterocycles. The van der Waals surface area contributed by atoms with E-state index in [4.69, 9.17) is 4.74 Å². The monoisotopic (exact) mass is 354 g/mol. The fourth-order valence-corrected chi connectivity index (χ4v) is 3.37. The number of nitrogens with one attached hydrogen (secondary N) is 1. The van der Waals surface area contributed by atoms with Crippen molar-refractivity contribution in [3.05, 3.63) is 59.9 Å². The molecule has 3 aromatic rings. The molecule has 7 heteroatoms. The fraction of sp³-hybridized carbons (Fsp3) is 0.316. The molecule has 0 aliphatic carbocycles. The number of pyridine rings is 1. The van der Waals surface area contributed by atoms with Crippen molar-refractivity contribution in [3.63, 3.8) is 0 Å². The zero-order valence-electron chi connectivity index (χ0n) is 14.2. The maximum atomic E-state index is 13.2. The number of benzene rings is 1. The lowest BCUT2D eigenvalue weighted by molar-refractivity contribution is -0.137. The molecule has 3 heterocycles. The van der Waals surface area contributed by atoms with Gasteiger partial charge in [0.25, 0.3) is 0 Å². The Morgan fingerprint density at radius 3 is 3.12 bits per heavy atom. The van der Waals surface area contributed by atoms with Crippen LogP contribution in [0.3, 0.4) is 0 Å². The number of likely N-dealkylation sites (tertiary alicyclic amines) is 1. The third kappa shape index (κ3) is 3.43. The number of aromatic amines is 1. The van der Waals surface area contributed by atoms with Crippen molar-refractivity contribution in [2.75, 3.05) is 13.2 Å². The summed E-state index contributed by atoms with van der Waals surface area (Å²) in [5.41, 5.74) is 2.20. The number of hydrogen-bond acceptors (Lipinski definition) is 4. The minimum atomic E-state index is -0.321. The van der Waals surface area contributed by atoms with E-state index in [1.54, 1.807) is 12.3 Å². The van der Waals surface area contributed by atoms with Gasteiger partial charge >= 0.3 is 0 Å². The highest BCUT2D eigenvalue weighted by molar-refractivity contribution is 5.78. The molecule has 1 aliphatic heterocycles. The molecule has 1 atom stereocenters. The van der Waals surface area contributed by atoms with Crippen LogP contribution in [0.4, 0.5) is 4.39 Å². The minimum Gasteiger partial charge on any atom is -0.364 e. The van der Waals surface area contributed by atoms with Crippen LogP contribution >= 0.6 is 0 Å². The molecular weight excluding hydrogens is 335 g/mol. The summed E-state index contributed by atoms with van der Waals surface area (Å²) in [6.45, 7) is 0.867. The Morgan fingerprint density at radius 2 is 2.27 bits per heavy atom. The number of aromatic nitrogens is 3. The van der Waals surface area contributed by atoms with E-state index in [1.807, 2.05) is 23.1 Å². The number of imidazole rings is 1. The van der Waals surface area contributed by atoms with E-state index in [0.29, 0.717) is 23.4 Å². The molecule has 134 valence electrons. The van der Waals surface area contributed by atoms with Gasteiger partial charge < -0.3 is 14.6 Å². The molecular formula is C19H19FN4O2. The summed E-state index contributed by atoms with van der Waals surface area (Å²) >= 11 is 0. The number of rotatable bonds is 5. The van der Waals surface area contributed by atoms with Crippen LogP contribution in [-0.2, 0) is 16.1 Å². The SMILES string of the molecule is O=C(COCc1nc2ccc(F)cc2[nH]1)N1CCC[C@@H]1c1ccccn1. The van der Waals surface area contributed by atoms with Gasteiger partial charge in [-0.2, -0.15) is 0 Å². The van der Waals surface area contributed by atoms with Crippen LogP contribution in [0.25, 0.3) is 11.0 Å². The van der Waals surface area contributed by atoms with Crippen molar-refractivity contribution in [2.45, 2.75) is 25.5 Å². The van der Waals surface area contributed by atoms with E-state index < -0.39 is 0 Å². The van der Waals surface area contributed by atoms with E-state index in [1.165, 1.54) is 12.1 Å². The number of carbonyl (C=O) groups excluding carboxylic acids is 1. The first-order valence-electron chi connectivity index (χ1n) is 8.63. The van der Waals surface area contributed by atoms with Crippen molar-refractivity contribution in [2.24, 2.45) is 0 Å². The summed E-state index contributed by atoms with van der Waals surface area (Å²) in [4.78, 5) is 26.1. The van der Waals surface area contributed by atoms with E-state index in [2.05, 4.69) is 15.0 Å². The molecule has 0 spiro atoms. The summed E-state index contributed by atoms with van der Waals surface area (Å²) in [5, 5.41) is 0. The summed E-state index contributed by atoms with van der Waals surface area (Å²) in [6, 6.07) is 10.1. The maximum absolute atomic E-state index is 13.2. The number of H-pyrrole nitrogens is 1. The molecule has 4 rings (SSSR count). The van der Waals surface area contributed by atoms with Crippen LogP contribution in [0.15, 0.2) is 42.6 Å². The average Bonchev–Trinajstić information content (AvgIpc) is 3.28. The second-order valence-electron chi connectivity index (χ2n) is 6.34. The number of fused-ring (bicyclic) bond motifs is 1. The number of hydrogen-bond donors (Lipinski definition) is 1. The maximum Gasteiger partial charge on any atom is 0.249 e. The van der Waals surface area contributed by atoms with E-state index in [9.17, 15) is 9.18 Å². The molecule has 0 bridgehead atoms. The number of halogens is 1. The van der Waals surface area contributed by atoms with Crippen LogP contribution in [0, 0.1) is 5.82 Å². The smallest absolute Gasteiger partial charge is 0.249 e. The molecule has 0 saturated carbocycles. The Balaban J connectivity index is 1.35. The molecule has 1 aliphatic rings. The quantitative estimate of drug-likeness (QED) is 0.765. The Kier molecular flexibility index (Phi) is 4.62. The molecule has 26 heavy (non-hydrogen) atoms. The van der Waals surface area contributed by atoms with Crippen molar-refractivity contribution in [3.8, 4) is 0 Å². The third-order valence-electron chi connectivity index (χ3n) is 4.56. The minimum absolute atomic E-state index is 0.0153. The van der Waals surface area contributed by atoms with Gasteiger partial charge in [-0.05, 0) is 43.2 Å². The largest absolute Gasteiger partial charge is 0.364 e. The van der Waals surface area contributed by atoms with Crippen molar-refractivity contribution < 1.29 is 13.9 Å². The first kappa shape index (κ1) is 16.7. The molecule has 1 fully saturated rings. The third-order valence-corrected chi connectivity index (χ3v) is 4.56. The highest BCUT2D eigenvalue weighted by Crippen LogP contribution is 2.30. The number of amides is 1. The number of carbonyl (C=O) groups is 1. The van der Waals surface area contributed by atoms with Crippen LogP contribution in [0.5, 0.6) is 0 Å². The highest BCUT2D eigenvalue weighted by Gasteiger charge is 2.30.